The van der Waals surface area contributed by atoms with Crippen molar-refractivity contribution in [2.75, 3.05) is 18.2 Å². The molecular weight excluding hydrogens is 474 g/mol. The van der Waals surface area contributed by atoms with Crippen molar-refractivity contribution in [2.45, 2.75) is 25.0 Å². The van der Waals surface area contributed by atoms with Gasteiger partial charge in [0.25, 0.3) is 5.91 Å². The number of fused-ring (bicyclic) bond motifs is 1. The molecule has 0 bridgehead atoms. The maximum atomic E-state index is 12.9. The van der Waals surface area contributed by atoms with Crippen molar-refractivity contribution in [2.24, 2.45) is 0 Å². The quantitative estimate of drug-likeness (QED) is 0.282. The smallest absolute Gasteiger partial charge is 0.255 e. The third-order valence-electron chi connectivity index (χ3n) is 6.26. The van der Waals surface area contributed by atoms with Crippen LogP contribution in [0.1, 0.15) is 23.2 Å². The summed E-state index contributed by atoms with van der Waals surface area (Å²) >= 11 is 0. The number of benzene rings is 2. The molecule has 2 amide bonds. The van der Waals surface area contributed by atoms with Crippen LogP contribution in [0.5, 0.6) is 5.75 Å². The molecule has 0 aliphatic heterocycles. The maximum absolute atomic E-state index is 12.9. The van der Waals surface area contributed by atoms with E-state index in [9.17, 15) is 14.7 Å². The molecule has 4 aromatic rings. The molecule has 1 aliphatic rings. The van der Waals surface area contributed by atoms with Gasteiger partial charge in [-0.25, -0.2) is 4.98 Å². The average Bonchev–Trinajstić information content (AvgIpc) is 3.28. The number of nitrogens with two attached hydrogens (primary N) is 1. The topological polar surface area (TPSA) is 157 Å². The Bertz CT molecular complexity index is 1510. The highest BCUT2D eigenvalue weighted by Crippen LogP contribution is 2.39. The first-order valence-corrected chi connectivity index (χ1v) is 11.6. The van der Waals surface area contributed by atoms with E-state index in [1.165, 1.54) is 24.1 Å². The minimum Gasteiger partial charge on any atom is -0.496 e. The van der Waals surface area contributed by atoms with Crippen molar-refractivity contribution in [3.63, 3.8) is 0 Å². The lowest BCUT2D eigenvalue weighted by molar-refractivity contribution is -0.111. The number of aromatic nitrogens is 4. The Kier molecular flexibility index (Phi) is 6.28. The second kappa shape index (κ2) is 9.70. The molecule has 0 spiro atoms. The first kappa shape index (κ1) is 23.9. The lowest BCUT2D eigenvalue weighted by Crippen LogP contribution is -2.46. The Hall–Kier alpha value is -4.77. The van der Waals surface area contributed by atoms with Crippen LogP contribution in [-0.4, -0.2) is 56.0 Å². The van der Waals surface area contributed by atoms with Gasteiger partial charge in [-0.15, -0.1) is 14.8 Å². The van der Waals surface area contributed by atoms with E-state index in [1.807, 2.05) is 12.1 Å². The molecule has 2 aromatic heterocycles. The average molecular weight is 500 g/mol. The van der Waals surface area contributed by atoms with Crippen LogP contribution < -0.4 is 21.1 Å². The van der Waals surface area contributed by atoms with E-state index in [-0.39, 0.29) is 29.8 Å². The Morgan fingerprint density at radius 3 is 2.59 bits per heavy atom. The largest absolute Gasteiger partial charge is 0.496 e. The lowest BCUT2D eigenvalue weighted by Gasteiger charge is -2.32. The number of aliphatic hydroxyl groups excluding tert-OH is 1. The summed E-state index contributed by atoms with van der Waals surface area (Å²) in [6.45, 7) is 3.46. The Morgan fingerprint density at radius 1 is 1.19 bits per heavy atom. The molecule has 1 aliphatic carbocycles. The number of carbonyl (C=O) groups is 2. The number of nitrogens with zero attached hydrogens (tertiary/aromatic N) is 4. The zero-order chi connectivity index (χ0) is 26.1. The highest BCUT2D eigenvalue weighted by molar-refractivity contribution is 6.01. The minimum absolute atomic E-state index is 0.0608. The van der Waals surface area contributed by atoms with Gasteiger partial charge in [-0.2, -0.15) is 0 Å². The van der Waals surface area contributed by atoms with Crippen LogP contribution in [-0.2, 0) is 4.79 Å². The molecule has 1 saturated carbocycles. The fraction of sp³-hybridized carbons (Fsp3) is 0.192. The van der Waals surface area contributed by atoms with Gasteiger partial charge in [0.15, 0.2) is 5.82 Å². The number of nitrogens with one attached hydrogen (secondary N) is 2. The molecule has 188 valence electrons. The van der Waals surface area contributed by atoms with Gasteiger partial charge in [0, 0.05) is 22.9 Å². The molecule has 1 fully saturated rings. The van der Waals surface area contributed by atoms with Crippen molar-refractivity contribution in [1.82, 2.24) is 25.1 Å². The highest BCUT2D eigenvalue weighted by atomic mass is 16.5. The Balaban J connectivity index is 1.57. The van der Waals surface area contributed by atoms with Crippen molar-refractivity contribution in [3.05, 3.63) is 67.0 Å². The molecule has 0 unspecified atom stereocenters. The van der Waals surface area contributed by atoms with Crippen LogP contribution >= 0.6 is 0 Å². The predicted molar refractivity (Wildman–Crippen MR) is 138 cm³/mol. The molecule has 0 atom stereocenters. The van der Waals surface area contributed by atoms with Crippen LogP contribution in [0.2, 0.25) is 0 Å². The molecule has 5 N–H and O–H groups in total. The van der Waals surface area contributed by atoms with E-state index < -0.39 is 0 Å². The Morgan fingerprint density at radius 2 is 1.92 bits per heavy atom. The maximum Gasteiger partial charge on any atom is 0.255 e. The number of methoxy groups -OCH3 is 1. The minimum atomic E-state index is -0.372. The lowest BCUT2D eigenvalue weighted by atomic mass is 9.89. The third kappa shape index (κ3) is 4.59. The van der Waals surface area contributed by atoms with Gasteiger partial charge in [-0.3, -0.25) is 9.59 Å². The van der Waals surface area contributed by atoms with E-state index in [1.54, 1.807) is 30.3 Å². The van der Waals surface area contributed by atoms with E-state index in [2.05, 4.69) is 32.4 Å². The number of anilines is 2. The summed E-state index contributed by atoms with van der Waals surface area (Å²) in [6, 6.07) is 12.3. The van der Waals surface area contributed by atoms with Gasteiger partial charge in [0.05, 0.1) is 18.8 Å². The highest BCUT2D eigenvalue weighted by Gasteiger charge is 2.29. The number of rotatable bonds is 7. The number of carbonyl (C=O) groups excluding carboxylic acids is 2. The van der Waals surface area contributed by atoms with Gasteiger partial charge in [-0.05, 0) is 48.7 Å². The van der Waals surface area contributed by atoms with Crippen LogP contribution in [0, 0.1) is 0 Å². The molecular formula is C26H25N7O4. The molecule has 11 nitrogen and oxygen atoms in total. The van der Waals surface area contributed by atoms with Crippen LogP contribution in [0.3, 0.4) is 0 Å². The van der Waals surface area contributed by atoms with Crippen molar-refractivity contribution in [3.8, 4) is 28.1 Å². The SMILES string of the molecule is C=CC(=O)Nc1ccc(-c2nn3ncnc(N)c3c2-c2ccc(C(=O)N[C@H]3C[C@@H](O)C3)c(OC)c2)cc1. The van der Waals surface area contributed by atoms with Gasteiger partial charge in [0.2, 0.25) is 5.91 Å². The summed E-state index contributed by atoms with van der Waals surface area (Å²) < 4.78 is 6.97. The van der Waals surface area contributed by atoms with E-state index in [0.29, 0.717) is 52.2 Å². The summed E-state index contributed by atoms with van der Waals surface area (Å²) in [6.07, 6.45) is 3.22. The van der Waals surface area contributed by atoms with Crippen molar-refractivity contribution < 1.29 is 19.4 Å². The number of amides is 2. The molecule has 11 heteroatoms. The van der Waals surface area contributed by atoms with E-state index in [0.717, 1.165) is 5.56 Å². The van der Waals surface area contributed by atoms with Gasteiger partial charge >= 0.3 is 0 Å². The molecule has 0 radical (unpaired) electrons. The van der Waals surface area contributed by atoms with Crippen LogP contribution in [0.15, 0.2) is 61.4 Å². The summed E-state index contributed by atoms with van der Waals surface area (Å²) in [7, 11) is 1.49. The second-order valence-electron chi connectivity index (χ2n) is 8.69. The summed E-state index contributed by atoms with van der Waals surface area (Å²) in [4.78, 5) is 28.6. The van der Waals surface area contributed by atoms with Gasteiger partial charge in [0.1, 0.15) is 23.3 Å². The number of hydrogen-bond acceptors (Lipinski definition) is 8. The van der Waals surface area contributed by atoms with E-state index in [4.69, 9.17) is 10.5 Å². The van der Waals surface area contributed by atoms with E-state index >= 15 is 0 Å². The number of nitrogen functional groups attached to an aromatic ring is 1. The first-order valence-electron chi connectivity index (χ1n) is 11.6. The zero-order valence-electron chi connectivity index (χ0n) is 20.0. The first-order chi connectivity index (χ1) is 17.9. The fourth-order valence-corrected chi connectivity index (χ4v) is 4.30. The normalized spacial score (nSPS) is 16.6. The summed E-state index contributed by atoms with van der Waals surface area (Å²) in [5.41, 5.74) is 10.4. The monoisotopic (exact) mass is 499 g/mol. The molecule has 0 saturated heterocycles. The number of aliphatic hydroxyl groups is 1. The zero-order valence-corrected chi connectivity index (χ0v) is 20.0. The number of ether oxygens (including phenoxy) is 1. The fourth-order valence-electron chi connectivity index (χ4n) is 4.30. The molecule has 2 heterocycles. The summed E-state index contributed by atoms with van der Waals surface area (Å²) in [5.74, 6) is 0.0235. The van der Waals surface area contributed by atoms with Crippen molar-refractivity contribution in [1.29, 1.82) is 0 Å². The number of hydrogen-bond donors (Lipinski definition) is 4. The molecule has 5 rings (SSSR count). The standard InChI is InChI=1S/C26H25N7O4/c1-3-21(35)30-16-7-4-14(5-8-16)23-22(24-25(27)28-13-29-33(24)32-23)15-6-9-19(20(10-15)37-2)26(36)31-17-11-18(34)12-17/h3-10,13,17-18,34H,1,11-12H2,2H3,(H,30,35)(H,31,36)(H2,27,28,29)/t17-,18+. The van der Waals surface area contributed by atoms with Crippen LogP contribution in [0.4, 0.5) is 11.5 Å². The van der Waals surface area contributed by atoms with Crippen LogP contribution in [0.25, 0.3) is 27.9 Å². The summed E-state index contributed by atoms with van der Waals surface area (Å²) in [5, 5.41) is 24.0. The third-order valence-corrected chi connectivity index (χ3v) is 6.26. The van der Waals surface area contributed by atoms with Crippen molar-refractivity contribution >= 4 is 28.8 Å². The van der Waals surface area contributed by atoms with Gasteiger partial charge in [-0.1, -0.05) is 24.8 Å². The Labute approximate surface area is 212 Å². The second-order valence-corrected chi connectivity index (χ2v) is 8.69. The van der Waals surface area contributed by atoms with Gasteiger partial charge < -0.3 is 26.2 Å². The molecule has 37 heavy (non-hydrogen) atoms. The predicted octanol–water partition coefficient (Wildman–Crippen LogP) is 2.43. The molecule has 2 aromatic carbocycles.